The maximum absolute atomic E-state index is 12.2. The maximum atomic E-state index is 12.2. The Labute approximate surface area is 121 Å². The van der Waals surface area contributed by atoms with Crippen LogP contribution in [0.4, 0.5) is 0 Å². The van der Waals surface area contributed by atoms with Crippen molar-refractivity contribution in [2.45, 2.75) is 17.2 Å². The Kier molecular flexibility index (Phi) is 4.22. The van der Waals surface area contributed by atoms with E-state index in [9.17, 15) is 13.2 Å². The Morgan fingerprint density at radius 3 is 2.35 bits per heavy atom. The molecule has 7 heteroatoms. The Bertz CT molecular complexity index is 708. The number of carbonyl (C=O) groups excluding carboxylic acids is 1. The summed E-state index contributed by atoms with van der Waals surface area (Å²) in [7, 11) is -3.76. The highest BCUT2D eigenvalue weighted by molar-refractivity contribution is 7.91. The molecule has 106 valence electrons. The van der Waals surface area contributed by atoms with Gasteiger partial charge in [0.1, 0.15) is 10.3 Å². The summed E-state index contributed by atoms with van der Waals surface area (Å²) in [5, 5.41) is 0. The number of aryl methyl sites for hydroxylation is 1. The summed E-state index contributed by atoms with van der Waals surface area (Å²) in [6.45, 7) is 1.81. The normalized spacial score (nSPS) is 13.1. The molecule has 0 aliphatic heterocycles. The van der Waals surface area contributed by atoms with Crippen molar-refractivity contribution in [1.82, 2.24) is 4.72 Å². The van der Waals surface area contributed by atoms with Crippen LogP contribution in [0.25, 0.3) is 0 Å². The molecule has 1 aromatic carbocycles. The fraction of sp³-hybridized carbons (Fsp3) is 0.154. The van der Waals surface area contributed by atoms with E-state index in [1.165, 1.54) is 6.07 Å². The minimum Gasteiger partial charge on any atom is -0.368 e. The number of amides is 1. The van der Waals surface area contributed by atoms with Crippen LogP contribution < -0.4 is 10.5 Å². The summed E-state index contributed by atoms with van der Waals surface area (Å²) >= 11 is 1.14. The van der Waals surface area contributed by atoms with Crippen molar-refractivity contribution >= 4 is 27.3 Å². The molecule has 0 radical (unpaired) electrons. The van der Waals surface area contributed by atoms with Gasteiger partial charge in [0.05, 0.1) is 0 Å². The van der Waals surface area contributed by atoms with E-state index >= 15 is 0 Å². The molecule has 2 aromatic rings. The Morgan fingerprint density at radius 2 is 1.85 bits per heavy atom. The van der Waals surface area contributed by atoms with Crippen molar-refractivity contribution in [3.8, 4) is 0 Å². The van der Waals surface area contributed by atoms with Crippen LogP contribution in [-0.2, 0) is 14.8 Å². The molecular formula is C13H14N2O3S2. The third-order valence-electron chi connectivity index (χ3n) is 2.67. The Morgan fingerprint density at radius 1 is 1.20 bits per heavy atom. The zero-order valence-electron chi connectivity index (χ0n) is 10.7. The second-order valence-corrected chi connectivity index (χ2v) is 7.46. The molecule has 0 saturated carbocycles. The molecule has 2 rings (SSSR count). The number of primary amides is 1. The van der Waals surface area contributed by atoms with E-state index < -0.39 is 22.0 Å². The van der Waals surface area contributed by atoms with Gasteiger partial charge in [0.25, 0.3) is 10.0 Å². The fourth-order valence-electron chi connectivity index (χ4n) is 1.71. The molecule has 0 aliphatic carbocycles. The topological polar surface area (TPSA) is 89.3 Å². The van der Waals surface area contributed by atoms with Crippen LogP contribution in [0.5, 0.6) is 0 Å². The smallest absolute Gasteiger partial charge is 0.251 e. The number of benzene rings is 1. The maximum Gasteiger partial charge on any atom is 0.251 e. The van der Waals surface area contributed by atoms with Gasteiger partial charge in [-0.25, -0.2) is 8.42 Å². The van der Waals surface area contributed by atoms with Gasteiger partial charge in [-0.15, -0.1) is 11.3 Å². The molecule has 20 heavy (non-hydrogen) atoms. The van der Waals surface area contributed by atoms with E-state index in [1.54, 1.807) is 36.4 Å². The van der Waals surface area contributed by atoms with E-state index in [0.717, 1.165) is 16.2 Å². The summed E-state index contributed by atoms with van der Waals surface area (Å²) in [5.41, 5.74) is 5.81. The predicted molar refractivity (Wildman–Crippen MR) is 77.8 cm³/mol. The Balaban J connectivity index is 2.32. The van der Waals surface area contributed by atoms with E-state index in [2.05, 4.69) is 4.72 Å². The van der Waals surface area contributed by atoms with Gasteiger partial charge < -0.3 is 5.73 Å². The number of rotatable bonds is 5. The van der Waals surface area contributed by atoms with Gasteiger partial charge in [0.2, 0.25) is 5.91 Å². The molecule has 3 N–H and O–H groups in total. The lowest BCUT2D eigenvalue weighted by molar-refractivity contribution is -0.119. The van der Waals surface area contributed by atoms with Crippen LogP contribution in [0, 0.1) is 6.92 Å². The standard InChI is InChI=1S/C13H14N2O3S2/c1-9-7-8-11(19-9)20(17,18)15-12(13(14)16)10-5-3-2-4-6-10/h2-8,12,15H,1H3,(H2,14,16)/t12-/m1/s1. The first-order valence-electron chi connectivity index (χ1n) is 5.83. The summed E-state index contributed by atoms with van der Waals surface area (Å²) in [6, 6.07) is 10.6. The SMILES string of the molecule is Cc1ccc(S(=O)(=O)N[C@@H](C(N)=O)c2ccccc2)s1. The first-order chi connectivity index (χ1) is 9.40. The zero-order chi connectivity index (χ0) is 14.8. The number of thiophene rings is 1. The predicted octanol–water partition coefficient (Wildman–Crippen LogP) is 1.56. The minimum atomic E-state index is -3.76. The lowest BCUT2D eigenvalue weighted by atomic mass is 10.1. The van der Waals surface area contributed by atoms with Crippen LogP contribution in [0.1, 0.15) is 16.5 Å². The molecular weight excluding hydrogens is 296 g/mol. The highest BCUT2D eigenvalue weighted by atomic mass is 32.2. The van der Waals surface area contributed by atoms with Crippen LogP contribution in [0.15, 0.2) is 46.7 Å². The first-order valence-corrected chi connectivity index (χ1v) is 8.13. The molecule has 1 aromatic heterocycles. The van der Waals surface area contributed by atoms with Crippen LogP contribution in [0.3, 0.4) is 0 Å². The van der Waals surface area contributed by atoms with Gasteiger partial charge in [-0.05, 0) is 24.6 Å². The third-order valence-corrected chi connectivity index (χ3v) is 5.59. The molecule has 0 saturated heterocycles. The monoisotopic (exact) mass is 310 g/mol. The summed E-state index contributed by atoms with van der Waals surface area (Å²) in [6.07, 6.45) is 0. The molecule has 0 fully saturated rings. The van der Waals surface area contributed by atoms with Crippen LogP contribution in [0.2, 0.25) is 0 Å². The van der Waals surface area contributed by atoms with E-state index in [1.807, 2.05) is 6.92 Å². The van der Waals surface area contributed by atoms with Crippen molar-refractivity contribution in [1.29, 1.82) is 0 Å². The molecule has 1 amide bonds. The number of hydrogen-bond acceptors (Lipinski definition) is 4. The van der Waals surface area contributed by atoms with Crippen molar-refractivity contribution in [3.63, 3.8) is 0 Å². The highest BCUT2D eigenvalue weighted by Gasteiger charge is 2.26. The minimum absolute atomic E-state index is 0.164. The van der Waals surface area contributed by atoms with E-state index in [-0.39, 0.29) is 4.21 Å². The molecule has 1 heterocycles. The number of nitrogens with two attached hydrogens (primary N) is 1. The molecule has 5 nitrogen and oxygen atoms in total. The number of nitrogens with one attached hydrogen (secondary N) is 1. The van der Waals surface area contributed by atoms with Crippen LogP contribution >= 0.6 is 11.3 Å². The molecule has 0 bridgehead atoms. The van der Waals surface area contributed by atoms with Crippen molar-refractivity contribution in [3.05, 3.63) is 52.9 Å². The second kappa shape index (κ2) is 5.74. The molecule has 0 unspecified atom stereocenters. The number of hydrogen-bond donors (Lipinski definition) is 2. The summed E-state index contributed by atoms with van der Waals surface area (Å²) in [4.78, 5) is 12.4. The quantitative estimate of drug-likeness (QED) is 0.878. The molecule has 0 spiro atoms. The van der Waals surface area contributed by atoms with Gasteiger partial charge >= 0.3 is 0 Å². The van der Waals surface area contributed by atoms with Gasteiger partial charge in [0, 0.05) is 4.88 Å². The lowest BCUT2D eigenvalue weighted by Gasteiger charge is -2.15. The average Bonchev–Trinajstić information content (AvgIpc) is 2.84. The third kappa shape index (κ3) is 3.24. The van der Waals surface area contributed by atoms with Gasteiger partial charge in [-0.1, -0.05) is 30.3 Å². The van der Waals surface area contributed by atoms with Gasteiger partial charge in [-0.3, -0.25) is 4.79 Å². The van der Waals surface area contributed by atoms with Crippen molar-refractivity contribution in [2.24, 2.45) is 5.73 Å². The summed E-state index contributed by atoms with van der Waals surface area (Å²) in [5.74, 6) is -0.743. The fourth-order valence-corrected chi connectivity index (χ4v) is 4.20. The second-order valence-electron chi connectivity index (χ2n) is 4.23. The highest BCUT2D eigenvalue weighted by Crippen LogP contribution is 2.23. The van der Waals surface area contributed by atoms with Crippen LogP contribution in [-0.4, -0.2) is 14.3 Å². The lowest BCUT2D eigenvalue weighted by Crippen LogP contribution is -2.37. The largest absolute Gasteiger partial charge is 0.368 e. The number of sulfonamides is 1. The Hall–Kier alpha value is -1.70. The molecule has 0 aliphatic rings. The zero-order valence-corrected chi connectivity index (χ0v) is 12.4. The van der Waals surface area contributed by atoms with E-state index in [4.69, 9.17) is 5.73 Å². The first kappa shape index (κ1) is 14.7. The number of carbonyl (C=O) groups is 1. The van der Waals surface area contributed by atoms with E-state index in [0.29, 0.717) is 5.56 Å². The van der Waals surface area contributed by atoms with Gasteiger partial charge in [0.15, 0.2) is 0 Å². The summed E-state index contributed by atoms with van der Waals surface area (Å²) < 4.78 is 27.0. The average molecular weight is 310 g/mol. The molecule has 1 atom stereocenters. The van der Waals surface area contributed by atoms with Crippen molar-refractivity contribution < 1.29 is 13.2 Å². The van der Waals surface area contributed by atoms with Gasteiger partial charge in [-0.2, -0.15) is 4.72 Å². The van der Waals surface area contributed by atoms with Crippen molar-refractivity contribution in [2.75, 3.05) is 0 Å².